The highest BCUT2D eigenvalue weighted by Crippen LogP contribution is 2.19. The van der Waals surface area contributed by atoms with Gasteiger partial charge in [-0.2, -0.15) is 10.2 Å². The molecule has 7 heteroatoms. The summed E-state index contributed by atoms with van der Waals surface area (Å²) in [4.78, 5) is 15.6. The zero-order valence-corrected chi connectivity index (χ0v) is 12.0. The van der Waals surface area contributed by atoms with E-state index in [1.54, 1.807) is 24.3 Å². The van der Waals surface area contributed by atoms with Gasteiger partial charge in [-0.15, -0.1) is 0 Å². The number of nitrogens with zero attached hydrogens (tertiary/aromatic N) is 3. The van der Waals surface area contributed by atoms with Gasteiger partial charge >= 0.3 is 5.97 Å². The highest BCUT2D eigenvalue weighted by Gasteiger charge is 2.13. The number of benzene rings is 1. The molecule has 0 saturated heterocycles. The second-order valence-electron chi connectivity index (χ2n) is 4.28. The molecule has 0 saturated carbocycles. The summed E-state index contributed by atoms with van der Waals surface area (Å²) in [6.45, 7) is 1.50. The summed E-state index contributed by atoms with van der Waals surface area (Å²) < 4.78 is 9.89. The van der Waals surface area contributed by atoms with Crippen molar-refractivity contribution in [3.63, 3.8) is 0 Å². The molecule has 0 bridgehead atoms. The third-order valence-corrected chi connectivity index (χ3v) is 2.86. The number of aryl methyl sites for hydroxylation is 1. The molecule has 0 aliphatic heterocycles. The van der Waals surface area contributed by atoms with Crippen molar-refractivity contribution in [1.29, 1.82) is 5.26 Å². The third kappa shape index (κ3) is 4.29. The van der Waals surface area contributed by atoms with E-state index in [9.17, 15) is 4.79 Å². The molecule has 0 N–H and O–H groups in total. The summed E-state index contributed by atoms with van der Waals surface area (Å²) in [5.41, 5.74) is 0.773. The van der Waals surface area contributed by atoms with E-state index in [-0.39, 0.29) is 12.8 Å². The van der Waals surface area contributed by atoms with Gasteiger partial charge in [-0.05, 0) is 31.2 Å². The Morgan fingerprint density at radius 1 is 1.48 bits per heavy atom. The van der Waals surface area contributed by atoms with Crippen molar-refractivity contribution in [1.82, 2.24) is 10.1 Å². The lowest BCUT2D eigenvalue weighted by molar-refractivity contribution is -0.145. The maximum atomic E-state index is 11.4. The van der Waals surface area contributed by atoms with Gasteiger partial charge in [0, 0.05) is 17.0 Å². The minimum Gasteiger partial charge on any atom is -0.447 e. The van der Waals surface area contributed by atoms with Crippen LogP contribution in [0.4, 0.5) is 0 Å². The smallest absolute Gasteiger partial charge is 0.307 e. The van der Waals surface area contributed by atoms with E-state index in [1.807, 2.05) is 6.07 Å². The van der Waals surface area contributed by atoms with Crippen molar-refractivity contribution >= 4 is 17.6 Å². The zero-order chi connectivity index (χ0) is 15.2. The van der Waals surface area contributed by atoms with Crippen molar-refractivity contribution in [2.75, 3.05) is 0 Å². The Labute approximate surface area is 126 Å². The zero-order valence-electron chi connectivity index (χ0n) is 11.2. The fraction of sp³-hybridized carbons (Fsp3) is 0.286. The second kappa shape index (κ2) is 6.86. The van der Waals surface area contributed by atoms with Crippen LogP contribution in [0.25, 0.3) is 11.4 Å². The van der Waals surface area contributed by atoms with E-state index in [2.05, 4.69) is 10.1 Å². The normalized spacial score (nSPS) is 11.7. The Kier molecular flexibility index (Phi) is 4.90. The molecule has 6 nitrogen and oxygen atoms in total. The number of carbonyl (C=O) groups excluding carboxylic acids is 1. The molecule has 0 spiro atoms. The van der Waals surface area contributed by atoms with E-state index in [0.29, 0.717) is 16.7 Å². The maximum absolute atomic E-state index is 11.4. The number of ether oxygens (including phenoxy) is 1. The number of carbonyl (C=O) groups is 1. The first kappa shape index (κ1) is 15.0. The fourth-order valence-corrected chi connectivity index (χ4v) is 1.69. The van der Waals surface area contributed by atoms with Crippen LogP contribution in [0, 0.1) is 11.3 Å². The molecule has 1 heterocycles. The van der Waals surface area contributed by atoms with Crippen molar-refractivity contribution in [3.05, 3.63) is 35.2 Å². The number of rotatable bonds is 5. The van der Waals surface area contributed by atoms with Gasteiger partial charge in [0.25, 0.3) is 0 Å². The minimum absolute atomic E-state index is 0.0776. The molecule has 0 fully saturated rings. The summed E-state index contributed by atoms with van der Waals surface area (Å²) in [7, 11) is 0. The predicted molar refractivity (Wildman–Crippen MR) is 74.2 cm³/mol. The molecular formula is C14H12ClN3O3. The Morgan fingerprint density at radius 3 is 2.86 bits per heavy atom. The molecular weight excluding hydrogens is 294 g/mol. The highest BCUT2D eigenvalue weighted by atomic mass is 35.5. The van der Waals surface area contributed by atoms with Crippen LogP contribution >= 0.6 is 11.6 Å². The summed E-state index contributed by atoms with van der Waals surface area (Å²) in [5.74, 6) is 0.289. The Balaban J connectivity index is 1.93. The first-order valence-electron chi connectivity index (χ1n) is 6.26. The van der Waals surface area contributed by atoms with E-state index in [1.165, 1.54) is 6.92 Å². The topological polar surface area (TPSA) is 89.0 Å². The average molecular weight is 306 g/mol. The first-order chi connectivity index (χ1) is 10.1. The maximum Gasteiger partial charge on any atom is 0.307 e. The lowest BCUT2D eigenvalue weighted by Crippen LogP contribution is -2.13. The van der Waals surface area contributed by atoms with Crippen molar-refractivity contribution in [2.24, 2.45) is 0 Å². The van der Waals surface area contributed by atoms with Crippen LogP contribution < -0.4 is 0 Å². The molecule has 2 aromatic rings. The van der Waals surface area contributed by atoms with Crippen LogP contribution in [0.3, 0.4) is 0 Å². The van der Waals surface area contributed by atoms with Crippen LogP contribution in [0.2, 0.25) is 5.02 Å². The SMILES string of the molecule is C[C@@H](C#N)OC(=O)CCc1nc(-c2ccc(Cl)cc2)no1. The van der Waals surface area contributed by atoms with Crippen LogP contribution in [-0.2, 0) is 16.0 Å². The molecule has 108 valence electrons. The Hall–Kier alpha value is -2.39. The average Bonchev–Trinajstić information content (AvgIpc) is 2.94. The van der Waals surface area contributed by atoms with E-state index in [4.69, 9.17) is 26.1 Å². The number of esters is 1. The molecule has 1 aromatic heterocycles. The molecule has 0 radical (unpaired) electrons. The lowest BCUT2D eigenvalue weighted by Gasteiger charge is -2.03. The first-order valence-corrected chi connectivity index (χ1v) is 6.64. The monoisotopic (exact) mass is 305 g/mol. The van der Waals surface area contributed by atoms with Crippen LogP contribution in [0.1, 0.15) is 19.2 Å². The van der Waals surface area contributed by atoms with Crippen molar-refractivity contribution in [3.8, 4) is 17.5 Å². The van der Waals surface area contributed by atoms with Crippen LogP contribution in [0.15, 0.2) is 28.8 Å². The number of aromatic nitrogens is 2. The summed E-state index contributed by atoms with van der Waals surface area (Å²) >= 11 is 5.80. The largest absolute Gasteiger partial charge is 0.447 e. The van der Waals surface area contributed by atoms with Crippen LogP contribution in [0.5, 0.6) is 0 Å². The minimum atomic E-state index is -0.759. The number of nitriles is 1. The lowest BCUT2D eigenvalue weighted by atomic mass is 10.2. The third-order valence-electron chi connectivity index (χ3n) is 2.60. The van der Waals surface area contributed by atoms with Gasteiger partial charge in [0.1, 0.15) is 6.07 Å². The summed E-state index contributed by atoms with van der Waals surface area (Å²) in [6, 6.07) is 8.83. The van der Waals surface area contributed by atoms with Gasteiger partial charge in [-0.3, -0.25) is 4.79 Å². The predicted octanol–water partition coefficient (Wildman–Crippen LogP) is 2.78. The van der Waals surface area contributed by atoms with Crippen LogP contribution in [-0.4, -0.2) is 22.2 Å². The quantitative estimate of drug-likeness (QED) is 0.789. The molecule has 1 atom stereocenters. The van der Waals surface area contributed by atoms with Gasteiger partial charge in [0.2, 0.25) is 11.7 Å². The van der Waals surface area contributed by atoms with E-state index in [0.717, 1.165) is 5.56 Å². The highest BCUT2D eigenvalue weighted by molar-refractivity contribution is 6.30. The fourth-order valence-electron chi connectivity index (χ4n) is 1.56. The van der Waals surface area contributed by atoms with Gasteiger partial charge in [-0.1, -0.05) is 16.8 Å². The van der Waals surface area contributed by atoms with Crippen molar-refractivity contribution < 1.29 is 14.1 Å². The number of halogens is 1. The summed E-state index contributed by atoms with van der Waals surface area (Å²) in [6.07, 6.45) is -0.420. The van der Waals surface area contributed by atoms with Gasteiger partial charge in [0.05, 0.1) is 6.42 Å². The Bertz CT molecular complexity index is 661. The molecule has 0 aliphatic rings. The summed E-state index contributed by atoms with van der Waals surface area (Å²) in [5, 5.41) is 13.0. The number of hydrogen-bond acceptors (Lipinski definition) is 6. The standard InChI is InChI=1S/C14H12ClN3O3/c1-9(8-16)20-13(19)7-6-12-17-14(18-21-12)10-2-4-11(15)5-3-10/h2-5,9H,6-7H2,1H3/t9-/m0/s1. The number of hydrogen-bond donors (Lipinski definition) is 0. The second-order valence-corrected chi connectivity index (χ2v) is 4.72. The molecule has 0 unspecified atom stereocenters. The molecule has 21 heavy (non-hydrogen) atoms. The van der Waals surface area contributed by atoms with E-state index >= 15 is 0 Å². The van der Waals surface area contributed by atoms with Gasteiger partial charge in [-0.25, -0.2) is 0 Å². The van der Waals surface area contributed by atoms with E-state index < -0.39 is 12.1 Å². The Morgan fingerprint density at radius 2 is 2.19 bits per heavy atom. The van der Waals surface area contributed by atoms with Gasteiger partial charge < -0.3 is 9.26 Å². The molecule has 1 aromatic carbocycles. The molecule has 0 amide bonds. The van der Waals surface area contributed by atoms with Gasteiger partial charge in [0.15, 0.2) is 6.10 Å². The van der Waals surface area contributed by atoms with Crippen molar-refractivity contribution in [2.45, 2.75) is 25.9 Å². The molecule has 0 aliphatic carbocycles. The molecule has 2 rings (SSSR count).